The molecule has 1 saturated heterocycles. The Balaban J connectivity index is 1.90. The lowest BCUT2D eigenvalue weighted by Gasteiger charge is -2.59. The van der Waals surface area contributed by atoms with Gasteiger partial charge in [-0.25, -0.2) is 0 Å². The van der Waals surface area contributed by atoms with Crippen LogP contribution in [0.5, 0.6) is 0 Å². The maximum absolute atomic E-state index is 11.1. The highest BCUT2D eigenvalue weighted by Crippen LogP contribution is 2.59. The van der Waals surface area contributed by atoms with Crippen molar-refractivity contribution in [3.63, 3.8) is 0 Å². The summed E-state index contributed by atoms with van der Waals surface area (Å²) in [7, 11) is 0. The number of aliphatic hydroxyl groups excluding tert-OH is 1. The Morgan fingerprint density at radius 3 is 2.41 bits per heavy atom. The first-order chi connectivity index (χ1) is 8.20. The molecule has 98 valence electrons. The van der Waals surface area contributed by atoms with Crippen molar-refractivity contribution < 1.29 is 10.2 Å². The van der Waals surface area contributed by atoms with E-state index >= 15 is 0 Å². The second-order valence-electron chi connectivity index (χ2n) is 6.42. The first-order valence-corrected chi connectivity index (χ1v) is 8.27. The molecule has 0 aromatic carbocycles. The van der Waals surface area contributed by atoms with Crippen LogP contribution in [0, 0.1) is 17.3 Å². The molecule has 17 heavy (non-hydrogen) atoms. The Morgan fingerprint density at radius 1 is 1.18 bits per heavy atom. The number of hydrogen-bond donors (Lipinski definition) is 2. The summed E-state index contributed by atoms with van der Waals surface area (Å²) in [6, 6.07) is 0. The molecule has 0 aromatic rings. The Morgan fingerprint density at radius 2 is 1.94 bits per heavy atom. The molecule has 1 aliphatic heterocycles. The highest BCUT2D eigenvalue weighted by molar-refractivity contribution is 7.99. The molecule has 0 spiro atoms. The van der Waals surface area contributed by atoms with E-state index < -0.39 is 5.60 Å². The van der Waals surface area contributed by atoms with Gasteiger partial charge in [0.05, 0.1) is 12.2 Å². The third-order valence-electron chi connectivity index (χ3n) is 5.71. The maximum atomic E-state index is 11.1. The van der Waals surface area contributed by atoms with Gasteiger partial charge in [0.15, 0.2) is 0 Å². The quantitative estimate of drug-likeness (QED) is 0.797. The molecule has 4 fully saturated rings. The van der Waals surface area contributed by atoms with Gasteiger partial charge in [0.1, 0.15) is 0 Å². The minimum Gasteiger partial charge on any atom is -0.396 e. The average molecular weight is 256 g/mol. The zero-order valence-electron chi connectivity index (χ0n) is 10.5. The van der Waals surface area contributed by atoms with Gasteiger partial charge in [-0.2, -0.15) is 11.8 Å². The lowest BCUT2D eigenvalue weighted by atomic mass is 9.50. The van der Waals surface area contributed by atoms with Crippen LogP contribution in [0.15, 0.2) is 0 Å². The predicted octanol–water partition coefficient (Wildman–Crippen LogP) is 2.43. The van der Waals surface area contributed by atoms with Crippen molar-refractivity contribution in [2.45, 2.75) is 50.5 Å². The summed E-state index contributed by atoms with van der Waals surface area (Å²) in [4.78, 5) is 0. The second kappa shape index (κ2) is 4.43. The molecule has 3 aliphatic carbocycles. The molecule has 3 heteroatoms. The van der Waals surface area contributed by atoms with Crippen LogP contribution in [0.2, 0.25) is 0 Å². The topological polar surface area (TPSA) is 40.5 Å². The number of hydrogen-bond acceptors (Lipinski definition) is 3. The van der Waals surface area contributed by atoms with Crippen LogP contribution in [0.25, 0.3) is 0 Å². The second-order valence-corrected chi connectivity index (χ2v) is 7.53. The fourth-order valence-electron chi connectivity index (χ4n) is 4.68. The molecule has 3 saturated carbocycles. The molecule has 4 aliphatic rings. The van der Waals surface area contributed by atoms with Crippen molar-refractivity contribution in [1.29, 1.82) is 0 Å². The zero-order valence-corrected chi connectivity index (χ0v) is 11.3. The Kier molecular flexibility index (Phi) is 3.21. The monoisotopic (exact) mass is 256 g/mol. The zero-order chi connectivity index (χ0) is 11.9. The lowest BCUT2D eigenvalue weighted by molar-refractivity contribution is -0.176. The minimum absolute atomic E-state index is 0.165. The minimum atomic E-state index is -0.589. The lowest BCUT2D eigenvalue weighted by Crippen LogP contribution is -2.61. The first kappa shape index (κ1) is 12.3. The van der Waals surface area contributed by atoms with E-state index in [1.54, 1.807) is 0 Å². The van der Waals surface area contributed by atoms with Gasteiger partial charge < -0.3 is 10.2 Å². The molecule has 2 atom stereocenters. The summed E-state index contributed by atoms with van der Waals surface area (Å²) in [6.07, 6.45) is 8.22. The van der Waals surface area contributed by atoms with E-state index in [0.29, 0.717) is 5.92 Å². The van der Waals surface area contributed by atoms with Crippen LogP contribution in [-0.4, -0.2) is 33.9 Å². The van der Waals surface area contributed by atoms with Crippen molar-refractivity contribution in [3.05, 3.63) is 0 Å². The Bertz CT molecular complexity index is 280. The van der Waals surface area contributed by atoms with Gasteiger partial charge in [-0.05, 0) is 49.7 Å². The molecule has 2 bridgehead atoms. The molecule has 1 heterocycles. The number of thioether (sulfide) groups is 1. The molecule has 4 rings (SSSR count). The Hall–Kier alpha value is 0.270. The molecular formula is C14H24O2S. The van der Waals surface area contributed by atoms with E-state index in [4.69, 9.17) is 0 Å². The van der Waals surface area contributed by atoms with Gasteiger partial charge in [-0.3, -0.25) is 0 Å². The molecule has 2 N–H and O–H groups in total. The molecule has 0 aromatic heterocycles. The van der Waals surface area contributed by atoms with Gasteiger partial charge in [-0.15, -0.1) is 0 Å². The van der Waals surface area contributed by atoms with Crippen LogP contribution in [0.4, 0.5) is 0 Å². The van der Waals surface area contributed by atoms with E-state index in [-0.39, 0.29) is 12.0 Å². The van der Waals surface area contributed by atoms with Gasteiger partial charge in [-0.1, -0.05) is 12.8 Å². The maximum Gasteiger partial charge on any atom is 0.0818 e. The van der Waals surface area contributed by atoms with Crippen molar-refractivity contribution >= 4 is 11.8 Å². The van der Waals surface area contributed by atoms with Gasteiger partial charge >= 0.3 is 0 Å². The van der Waals surface area contributed by atoms with Crippen LogP contribution < -0.4 is 0 Å². The highest BCUT2D eigenvalue weighted by atomic mass is 32.2. The van der Waals surface area contributed by atoms with Crippen LogP contribution in [0.3, 0.4) is 0 Å². The molecule has 0 amide bonds. The van der Waals surface area contributed by atoms with Crippen molar-refractivity contribution in [3.8, 4) is 0 Å². The Labute approximate surface area is 108 Å². The standard InChI is InChI=1S/C14H24O2S/c15-9-13(14(16)6-1-7-17-10-14)8-11-2-4-12(13)5-3-11/h11-12,15-16H,1-10H2. The summed E-state index contributed by atoms with van der Waals surface area (Å²) in [6.45, 7) is 0.200. The van der Waals surface area contributed by atoms with Crippen molar-refractivity contribution in [1.82, 2.24) is 0 Å². The number of rotatable bonds is 2. The van der Waals surface area contributed by atoms with Crippen molar-refractivity contribution in [2.24, 2.45) is 17.3 Å². The SMILES string of the molecule is OCC1(C2(O)CCCSC2)CC2CCC1CC2. The number of aliphatic hydroxyl groups is 2. The van der Waals surface area contributed by atoms with E-state index in [1.165, 1.54) is 31.4 Å². The third kappa shape index (κ3) is 1.77. The summed E-state index contributed by atoms with van der Waals surface area (Å²) in [5, 5.41) is 21.1. The predicted molar refractivity (Wildman–Crippen MR) is 71.1 cm³/mol. The smallest absolute Gasteiger partial charge is 0.0818 e. The fraction of sp³-hybridized carbons (Fsp3) is 1.00. The van der Waals surface area contributed by atoms with Crippen LogP contribution in [0.1, 0.15) is 44.9 Å². The van der Waals surface area contributed by atoms with E-state index in [2.05, 4.69) is 0 Å². The van der Waals surface area contributed by atoms with Crippen molar-refractivity contribution in [2.75, 3.05) is 18.1 Å². The molecule has 2 unspecified atom stereocenters. The first-order valence-electron chi connectivity index (χ1n) is 7.11. The van der Waals surface area contributed by atoms with E-state index in [9.17, 15) is 10.2 Å². The highest BCUT2D eigenvalue weighted by Gasteiger charge is 2.58. The molecule has 0 radical (unpaired) electrons. The molecular weight excluding hydrogens is 232 g/mol. The van der Waals surface area contributed by atoms with Gasteiger partial charge in [0.25, 0.3) is 0 Å². The normalized spacial score (nSPS) is 50.5. The third-order valence-corrected chi connectivity index (χ3v) is 6.97. The largest absolute Gasteiger partial charge is 0.396 e. The summed E-state index contributed by atoms with van der Waals surface area (Å²) in [5.74, 6) is 3.36. The van der Waals surface area contributed by atoms with Gasteiger partial charge in [0, 0.05) is 11.2 Å². The summed E-state index contributed by atoms with van der Waals surface area (Å²) >= 11 is 1.88. The fourth-order valence-corrected chi connectivity index (χ4v) is 5.95. The van der Waals surface area contributed by atoms with E-state index in [0.717, 1.165) is 30.9 Å². The van der Waals surface area contributed by atoms with Crippen LogP contribution in [-0.2, 0) is 0 Å². The molecule has 2 nitrogen and oxygen atoms in total. The summed E-state index contributed by atoms with van der Waals surface area (Å²) < 4.78 is 0. The van der Waals surface area contributed by atoms with E-state index in [1.807, 2.05) is 11.8 Å². The number of fused-ring (bicyclic) bond motifs is 3. The summed E-state index contributed by atoms with van der Waals surface area (Å²) in [5.41, 5.74) is -0.754. The van der Waals surface area contributed by atoms with Gasteiger partial charge in [0.2, 0.25) is 0 Å². The van der Waals surface area contributed by atoms with Crippen LogP contribution >= 0.6 is 11.8 Å². The average Bonchev–Trinajstić information content (AvgIpc) is 2.40.